The van der Waals surface area contributed by atoms with E-state index in [1.54, 1.807) is 30.3 Å². The van der Waals surface area contributed by atoms with Crippen molar-refractivity contribution in [2.45, 2.75) is 12.8 Å². The fourth-order valence-electron chi connectivity index (χ4n) is 2.05. The van der Waals surface area contributed by atoms with Crippen LogP contribution in [0.2, 0.25) is 0 Å². The van der Waals surface area contributed by atoms with Gasteiger partial charge in [0.2, 0.25) is 5.91 Å². The minimum Gasteiger partial charge on any atom is -0.477 e. The van der Waals surface area contributed by atoms with E-state index in [2.05, 4.69) is 27.8 Å². The summed E-state index contributed by atoms with van der Waals surface area (Å²) in [7, 11) is 0. The van der Waals surface area contributed by atoms with Gasteiger partial charge in [-0.1, -0.05) is 30.3 Å². The quantitative estimate of drug-likeness (QED) is 0.481. The normalized spacial score (nSPS) is 10.9. The molecule has 5 nitrogen and oxygen atoms in total. The van der Waals surface area contributed by atoms with Gasteiger partial charge in [-0.15, -0.1) is 6.58 Å². The molecule has 0 radical (unpaired) electrons. The number of hydrogen-bond donors (Lipinski definition) is 2. The zero-order valence-electron chi connectivity index (χ0n) is 13.9. The van der Waals surface area contributed by atoms with Gasteiger partial charge in [0.15, 0.2) is 0 Å². The molecule has 0 spiro atoms. The molecule has 2 rings (SSSR count). The molecule has 1 amide bonds. The van der Waals surface area contributed by atoms with Crippen molar-refractivity contribution in [3.63, 3.8) is 0 Å². The monoisotopic (exact) mass is 415 g/mol. The van der Waals surface area contributed by atoms with Crippen molar-refractivity contribution in [2.75, 3.05) is 0 Å². The number of aliphatic carboxylic acids is 1. The molecule has 26 heavy (non-hydrogen) atoms. The number of nitrogens with one attached hydrogen (secondary N) is 1. The van der Waals surface area contributed by atoms with Crippen molar-refractivity contribution in [2.24, 2.45) is 0 Å². The maximum atomic E-state index is 11.7. The van der Waals surface area contributed by atoms with Crippen molar-refractivity contribution in [3.05, 3.63) is 76.9 Å². The number of amides is 1. The predicted molar refractivity (Wildman–Crippen MR) is 104 cm³/mol. The number of carbonyl (C=O) groups is 2. The van der Waals surface area contributed by atoms with Gasteiger partial charge in [-0.2, -0.15) is 0 Å². The average molecular weight is 416 g/mol. The molecule has 134 valence electrons. The number of carbonyl (C=O) groups excluding carboxylic acids is 1. The third kappa shape index (κ3) is 5.89. The van der Waals surface area contributed by atoms with Crippen LogP contribution in [0.1, 0.15) is 18.4 Å². The van der Waals surface area contributed by atoms with E-state index in [-0.39, 0.29) is 18.0 Å². The summed E-state index contributed by atoms with van der Waals surface area (Å²) in [6.07, 6.45) is 3.68. The molecular weight excluding hydrogens is 398 g/mol. The summed E-state index contributed by atoms with van der Waals surface area (Å²) in [5, 5.41) is 11.7. The lowest BCUT2D eigenvalue weighted by molar-refractivity contribution is -0.134. The van der Waals surface area contributed by atoms with Gasteiger partial charge in [-0.3, -0.25) is 4.79 Å². The Labute approximate surface area is 160 Å². The number of para-hydroxylation sites is 1. The van der Waals surface area contributed by atoms with E-state index in [0.29, 0.717) is 23.5 Å². The van der Waals surface area contributed by atoms with Crippen LogP contribution in [0.5, 0.6) is 11.5 Å². The summed E-state index contributed by atoms with van der Waals surface area (Å²) in [4.78, 5) is 23.0. The average Bonchev–Trinajstić information content (AvgIpc) is 2.62. The largest absolute Gasteiger partial charge is 0.477 e. The fraction of sp³-hybridized carbons (Fsp3) is 0.100. The zero-order valence-corrected chi connectivity index (χ0v) is 15.5. The highest BCUT2D eigenvalue weighted by atomic mass is 79.9. The second-order valence-corrected chi connectivity index (χ2v) is 6.19. The van der Waals surface area contributed by atoms with Gasteiger partial charge in [-0.25, -0.2) is 4.79 Å². The Morgan fingerprint density at radius 1 is 1.15 bits per heavy atom. The number of hydrogen-bond acceptors (Lipinski definition) is 3. The Bertz CT molecular complexity index is 828. The standard InChI is InChI=1S/C20H18BrNO4/c1-2-3-8-19(23)22-17(20(24)25)13-14-9-11-15(12-10-14)26-18-7-5-4-6-16(18)21/h2,4-7,9-13H,1,3,8H2,(H,22,23)(H,24,25). The number of benzene rings is 2. The summed E-state index contributed by atoms with van der Waals surface area (Å²) in [6.45, 7) is 3.53. The van der Waals surface area contributed by atoms with Gasteiger partial charge in [0, 0.05) is 6.42 Å². The minimum absolute atomic E-state index is 0.182. The lowest BCUT2D eigenvalue weighted by Gasteiger charge is -2.08. The van der Waals surface area contributed by atoms with E-state index in [0.717, 1.165) is 4.47 Å². The number of ether oxygens (including phenoxy) is 1. The molecule has 6 heteroatoms. The van der Waals surface area contributed by atoms with Gasteiger partial charge in [0.25, 0.3) is 0 Å². The van der Waals surface area contributed by atoms with Crippen LogP contribution < -0.4 is 10.1 Å². The number of rotatable bonds is 8. The maximum Gasteiger partial charge on any atom is 0.352 e. The van der Waals surface area contributed by atoms with Crippen LogP contribution in [-0.4, -0.2) is 17.0 Å². The Kier molecular flexibility index (Phi) is 7.17. The molecule has 0 aromatic heterocycles. The van der Waals surface area contributed by atoms with Crippen LogP contribution in [0.4, 0.5) is 0 Å². The first kappa shape index (κ1) is 19.5. The highest BCUT2D eigenvalue weighted by Gasteiger charge is 2.11. The van der Waals surface area contributed by atoms with E-state index in [1.807, 2.05) is 24.3 Å². The highest BCUT2D eigenvalue weighted by Crippen LogP contribution is 2.29. The van der Waals surface area contributed by atoms with Crippen LogP contribution in [0.25, 0.3) is 6.08 Å². The maximum absolute atomic E-state index is 11.7. The lowest BCUT2D eigenvalue weighted by Crippen LogP contribution is -2.26. The van der Waals surface area contributed by atoms with E-state index < -0.39 is 5.97 Å². The van der Waals surface area contributed by atoms with Crippen molar-refractivity contribution in [1.82, 2.24) is 5.32 Å². The first-order valence-corrected chi connectivity index (χ1v) is 8.67. The van der Waals surface area contributed by atoms with Crippen LogP contribution >= 0.6 is 15.9 Å². The molecular formula is C20H18BrNO4. The van der Waals surface area contributed by atoms with Crippen LogP contribution in [0.3, 0.4) is 0 Å². The molecule has 0 bridgehead atoms. The topological polar surface area (TPSA) is 75.6 Å². The van der Waals surface area contributed by atoms with Gasteiger partial charge in [0.05, 0.1) is 4.47 Å². The van der Waals surface area contributed by atoms with Crippen LogP contribution in [0, 0.1) is 0 Å². The molecule has 0 aliphatic heterocycles. The highest BCUT2D eigenvalue weighted by molar-refractivity contribution is 9.10. The number of halogens is 1. The van der Waals surface area contributed by atoms with E-state index >= 15 is 0 Å². The molecule has 0 atom stereocenters. The molecule has 2 aromatic rings. The lowest BCUT2D eigenvalue weighted by atomic mass is 10.1. The van der Waals surface area contributed by atoms with Gasteiger partial charge in [-0.05, 0) is 58.3 Å². The van der Waals surface area contributed by atoms with Crippen LogP contribution in [-0.2, 0) is 9.59 Å². The Hall–Kier alpha value is -2.86. The number of carboxylic acids is 1. The van der Waals surface area contributed by atoms with Crippen molar-refractivity contribution in [1.29, 1.82) is 0 Å². The molecule has 0 heterocycles. The second kappa shape index (κ2) is 9.58. The first-order valence-electron chi connectivity index (χ1n) is 7.88. The van der Waals surface area contributed by atoms with Crippen molar-refractivity contribution >= 4 is 33.9 Å². The molecule has 0 fully saturated rings. The van der Waals surface area contributed by atoms with E-state index in [1.165, 1.54) is 6.08 Å². The predicted octanol–water partition coefficient (Wildman–Crippen LogP) is 4.75. The van der Waals surface area contributed by atoms with Crippen molar-refractivity contribution in [3.8, 4) is 11.5 Å². The molecule has 0 unspecified atom stereocenters. The van der Waals surface area contributed by atoms with Crippen molar-refractivity contribution < 1.29 is 19.4 Å². The molecule has 0 aliphatic rings. The Balaban J connectivity index is 2.10. The third-order valence-corrected chi connectivity index (χ3v) is 3.99. The molecule has 0 saturated carbocycles. The van der Waals surface area contributed by atoms with Gasteiger partial charge in [0.1, 0.15) is 17.2 Å². The molecule has 2 aromatic carbocycles. The van der Waals surface area contributed by atoms with E-state index in [4.69, 9.17) is 4.74 Å². The summed E-state index contributed by atoms with van der Waals surface area (Å²) in [5.74, 6) is -0.282. The summed E-state index contributed by atoms with van der Waals surface area (Å²) < 4.78 is 6.60. The SMILES string of the molecule is C=CCCC(=O)NC(=Cc1ccc(Oc2ccccc2Br)cc1)C(=O)O. The summed E-state index contributed by atoms with van der Waals surface area (Å²) in [5.41, 5.74) is 0.449. The molecule has 0 saturated heterocycles. The minimum atomic E-state index is -1.20. The van der Waals surface area contributed by atoms with E-state index in [9.17, 15) is 14.7 Å². The second-order valence-electron chi connectivity index (χ2n) is 5.34. The Morgan fingerprint density at radius 3 is 2.46 bits per heavy atom. The number of carboxylic acid groups (broad SMARTS) is 1. The molecule has 0 aliphatic carbocycles. The van der Waals surface area contributed by atoms with Crippen LogP contribution in [0.15, 0.2) is 71.4 Å². The first-order chi connectivity index (χ1) is 12.5. The third-order valence-electron chi connectivity index (χ3n) is 3.34. The smallest absolute Gasteiger partial charge is 0.352 e. The Morgan fingerprint density at radius 2 is 1.85 bits per heavy atom. The van der Waals surface area contributed by atoms with Gasteiger partial charge >= 0.3 is 5.97 Å². The summed E-state index contributed by atoms with van der Waals surface area (Å²) in [6, 6.07) is 14.3. The fourth-order valence-corrected chi connectivity index (χ4v) is 2.42. The van der Waals surface area contributed by atoms with Gasteiger partial charge < -0.3 is 15.2 Å². The molecule has 2 N–H and O–H groups in total. The number of allylic oxidation sites excluding steroid dienone is 1. The zero-order chi connectivity index (χ0) is 18.9. The summed E-state index contributed by atoms with van der Waals surface area (Å²) >= 11 is 3.41.